The Morgan fingerprint density at radius 2 is 1.62 bits per heavy atom. The number of piperazine rings is 1. The molecule has 37 heavy (non-hydrogen) atoms. The number of alkyl halides is 1. The normalized spacial score (nSPS) is 16.0. The molecule has 1 fully saturated rings. The van der Waals surface area contributed by atoms with E-state index < -0.39 is 6.67 Å². The highest BCUT2D eigenvalue weighted by atomic mass is 19.1. The van der Waals surface area contributed by atoms with E-state index in [2.05, 4.69) is 49.8 Å². The first-order chi connectivity index (χ1) is 18.2. The average Bonchev–Trinajstić information content (AvgIpc) is 3.39. The molecule has 0 bridgehead atoms. The summed E-state index contributed by atoms with van der Waals surface area (Å²) in [7, 11) is 1.85. The predicted octanol–water partition coefficient (Wildman–Crippen LogP) is 1.70. The SMILES string of the molecule is Cn1cc(-c2ncc(/C=C/c3cnc(N4CCN(c5ncncn5)[C@@H](COCCF)C4)nc3)cn2)cn1. The van der Waals surface area contributed by atoms with E-state index in [1.165, 1.54) is 12.7 Å². The number of anilines is 2. The van der Waals surface area contributed by atoms with Crippen LogP contribution in [0.15, 0.2) is 49.8 Å². The summed E-state index contributed by atoms with van der Waals surface area (Å²) >= 11 is 0. The summed E-state index contributed by atoms with van der Waals surface area (Å²) in [5.41, 5.74) is 2.58. The van der Waals surface area contributed by atoms with Gasteiger partial charge in [0.1, 0.15) is 19.3 Å². The number of halogens is 1. The first kappa shape index (κ1) is 24.3. The molecular formula is C24H26FN11O. The van der Waals surface area contributed by atoms with Gasteiger partial charge in [0.25, 0.3) is 0 Å². The first-order valence-corrected chi connectivity index (χ1v) is 11.8. The van der Waals surface area contributed by atoms with Crippen molar-refractivity contribution in [2.45, 2.75) is 6.04 Å². The average molecular weight is 504 g/mol. The zero-order valence-corrected chi connectivity index (χ0v) is 20.3. The van der Waals surface area contributed by atoms with Gasteiger partial charge < -0.3 is 14.5 Å². The molecule has 0 saturated carbocycles. The molecule has 0 unspecified atom stereocenters. The van der Waals surface area contributed by atoms with E-state index in [4.69, 9.17) is 4.74 Å². The van der Waals surface area contributed by atoms with Gasteiger partial charge in [-0.2, -0.15) is 5.10 Å². The molecule has 13 heteroatoms. The number of rotatable bonds is 9. The zero-order valence-electron chi connectivity index (χ0n) is 20.3. The summed E-state index contributed by atoms with van der Waals surface area (Å²) in [6.07, 6.45) is 17.4. The second-order valence-corrected chi connectivity index (χ2v) is 8.39. The first-order valence-electron chi connectivity index (χ1n) is 11.8. The quantitative estimate of drug-likeness (QED) is 0.310. The van der Waals surface area contributed by atoms with Crippen molar-refractivity contribution in [2.24, 2.45) is 7.05 Å². The summed E-state index contributed by atoms with van der Waals surface area (Å²) in [5, 5.41) is 4.15. The molecule has 0 amide bonds. The van der Waals surface area contributed by atoms with E-state index in [1.807, 2.05) is 25.4 Å². The van der Waals surface area contributed by atoms with Crippen LogP contribution in [-0.4, -0.2) is 90.2 Å². The number of hydrogen-bond acceptors (Lipinski definition) is 11. The fourth-order valence-electron chi connectivity index (χ4n) is 3.98. The van der Waals surface area contributed by atoms with Crippen molar-refractivity contribution in [3.05, 3.63) is 61.0 Å². The second-order valence-electron chi connectivity index (χ2n) is 8.39. The van der Waals surface area contributed by atoms with Gasteiger partial charge in [-0.15, -0.1) is 0 Å². The Kier molecular flexibility index (Phi) is 7.60. The highest BCUT2D eigenvalue weighted by Gasteiger charge is 2.30. The maximum Gasteiger partial charge on any atom is 0.228 e. The highest BCUT2D eigenvalue weighted by Crippen LogP contribution is 2.20. The lowest BCUT2D eigenvalue weighted by Gasteiger charge is -2.41. The molecule has 0 aromatic carbocycles. The summed E-state index contributed by atoms with van der Waals surface area (Å²) in [6, 6.07) is -0.0829. The molecule has 4 aromatic rings. The van der Waals surface area contributed by atoms with E-state index >= 15 is 0 Å². The van der Waals surface area contributed by atoms with Gasteiger partial charge in [-0.25, -0.2) is 39.3 Å². The van der Waals surface area contributed by atoms with E-state index in [9.17, 15) is 4.39 Å². The molecule has 5 heterocycles. The molecular weight excluding hydrogens is 477 g/mol. The van der Waals surface area contributed by atoms with Crippen molar-refractivity contribution in [3.8, 4) is 11.4 Å². The van der Waals surface area contributed by atoms with Gasteiger partial charge in [-0.05, 0) is 0 Å². The molecule has 190 valence electrons. The molecule has 12 nitrogen and oxygen atoms in total. The van der Waals surface area contributed by atoms with E-state index in [1.54, 1.807) is 35.7 Å². The van der Waals surface area contributed by atoms with Gasteiger partial charge in [0.15, 0.2) is 5.82 Å². The Bertz CT molecular complexity index is 1300. The van der Waals surface area contributed by atoms with Crippen LogP contribution in [0.2, 0.25) is 0 Å². The number of hydrogen-bond donors (Lipinski definition) is 0. The topological polar surface area (TPSA) is 124 Å². The van der Waals surface area contributed by atoms with Gasteiger partial charge in [-0.1, -0.05) is 12.2 Å². The van der Waals surface area contributed by atoms with E-state index in [0.717, 1.165) is 16.7 Å². The molecule has 1 aliphatic heterocycles. The van der Waals surface area contributed by atoms with Gasteiger partial charge >= 0.3 is 0 Å². The van der Waals surface area contributed by atoms with Crippen molar-refractivity contribution in [1.29, 1.82) is 0 Å². The summed E-state index contributed by atoms with van der Waals surface area (Å²) in [5.74, 6) is 1.82. The van der Waals surface area contributed by atoms with Crippen LogP contribution in [0.4, 0.5) is 16.3 Å². The molecule has 1 saturated heterocycles. The van der Waals surface area contributed by atoms with Crippen LogP contribution in [-0.2, 0) is 11.8 Å². The highest BCUT2D eigenvalue weighted by molar-refractivity contribution is 5.68. The van der Waals surface area contributed by atoms with Crippen LogP contribution >= 0.6 is 0 Å². The predicted molar refractivity (Wildman–Crippen MR) is 135 cm³/mol. The molecule has 5 rings (SSSR count). The Labute approximate surface area is 213 Å². The molecule has 0 spiro atoms. The molecule has 0 N–H and O–H groups in total. The summed E-state index contributed by atoms with van der Waals surface area (Å²) in [4.78, 5) is 34.5. The number of ether oxygens (including phenoxy) is 1. The van der Waals surface area contributed by atoms with Crippen LogP contribution in [0.3, 0.4) is 0 Å². The largest absolute Gasteiger partial charge is 0.377 e. The summed E-state index contributed by atoms with van der Waals surface area (Å²) < 4.78 is 19.8. The Morgan fingerprint density at radius 3 is 2.27 bits per heavy atom. The zero-order chi connectivity index (χ0) is 25.5. The van der Waals surface area contributed by atoms with Gasteiger partial charge in [0.05, 0.1) is 31.0 Å². The van der Waals surface area contributed by atoms with E-state index in [0.29, 0.717) is 44.0 Å². The minimum atomic E-state index is -0.527. The van der Waals surface area contributed by atoms with Gasteiger partial charge in [0.2, 0.25) is 11.9 Å². The number of nitrogens with zero attached hydrogens (tertiary/aromatic N) is 11. The van der Waals surface area contributed by atoms with Crippen molar-refractivity contribution in [3.63, 3.8) is 0 Å². The van der Waals surface area contributed by atoms with Crippen LogP contribution in [0, 0.1) is 0 Å². The van der Waals surface area contributed by atoms with Crippen molar-refractivity contribution >= 4 is 24.0 Å². The van der Waals surface area contributed by atoms with E-state index in [-0.39, 0.29) is 12.6 Å². The number of aryl methyl sites for hydroxylation is 1. The second kappa shape index (κ2) is 11.6. The third kappa shape index (κ3) is 6.06. The lowest BCUT2D eigenvalue weighted by Crippen LogP contribution is -2.56. The molecule has 4 aromatic heterocycles. The minimum Gasteiger partial charge on any atom is -0.377 e. The van der Waals surface area contributed by atoms with Crippen molar-refractivity contribution < 1.29 is 9.13 Å². The molecule has 0 radical (unpaired) electrons. The van der Waals surface area contributed by atoms with Crippen molar-refractivity contribution in [1.82, 2.24) is 44.7 Å². The third-order valence-electron chi connectivity index (χ3n) is 5.80. The minimum absolute atomic E-state index is 0.0519. The number of aromatic nitrogens is 9. The van der Waals surface area contributed by atoms with Crippen LogP contribution in [0.25, 0.3) is 23.5 Å². The standard InChI is InChI=1S/C24H26FN11O/c1-34-13-20(12-33-34)22-27-8-18(9-28-22)2-3-19-10-29-23(30-11-19)35-5-6-36(24-31-16-26-17-32-24)21(14-35)15-37-7-4-25/h2-3,8-13,16-17,21H,4-7,14-15H2,1H3/b3-2+/t21-/m1/s1. The lowest BCUT2D eigenvalue weighted by molar-refractivity contribution is 0.104. The van der Waals surface area contributed by atoms with Crippen LogP contribution in [0.1, 0.15) is 11.1 Å². The smallest absolute Gasteiger partial charge is 0.228 e. The monoisotopic (exact) mass is 503 g/mol. The molecule has 1 aliphatic rings. The third-order valence-corrected chi connectivity index (χ3v) is 5.80. The fourth-order valence-corrected chi connectivity index (χ4v) is 3.98. The Hall–Kier alpha value is -4.39. The van der Waals surface area contributed by atoms with Gasteiger partial charge in [-0.3, -0.25) is 4.68 Å². The summed E-state index contributed by atoms with van der Waals surface area (Å²) in [6.45, 7) is 1.79. The molecule has 0 aliphatic carbocycles. The van der Waals surface area contributed by atoms with Crippen molar-refractivity contribution in [2.75, 3.05) is 49.3 Å². The van der Waals surface area contributed by atoms with Crippen LogP contribution in [0.5, 0.6) is 0 Å². The maximum absolute atomic E-state index is 12.6. The lowest BCUT2D eigenvalue weighted by atomic mass is 10.2. The Morgan fingerprint density at radius 1 is 0.919 bits per heavy atom. The van der Waals surface area contributed by atoms with Crippen LogP contribution < -0.4 is 9.80 Å². The fraction of sp³-hybridized carbons (Fsp3) is 0.333. The molecule has 1 atom stereocenters. The maximum atomic E-state index is 12.6. The van der Waals surface area contributed by atoms with Gasteiger partial charge in [0, 0.05) is 68.8 Å². The Balaban J connectivity index is 1.22.